The van der Waals surface area contributed by atoms with E-state index in [0.717, 1.165) is 11.3 Å². The number of methoxy groups -OCH3 is 2. The molecule has 134 valence electrons. The Bertz CT molecular complexity index is 950. The Labute approximate surface area is 160 Å². The standard InChI is InChI=1S/C18H16Cl2N4O2/c1-25-14-6-3-10(7-15(14)26-2)18-23-16(21)9-17(24-18)22-11-4-5-12(19)13(20)8-11/h3-9H,1-2H3,(H3,21,22,23,24). The highest BCUT2D eigenvalue weighted by Gasteiger charge is 2.11. The van der Waals surface area contributed by atoms with Crippen LogP contribution in [0.15, 0.2) is 42.5 Å². The zero-order chi connectivity index (χ0) is 18.7. The Morgan fingerprint density at radius 3 is 2.35 bits per heavy atom. The number of aromatic nitrogens is 2. The smallest absolute Gasteiger partial charge is 0.163 e. The first-order chi connectivity index (χ1) is 12.5. The molecule has 0 fully saturated rings. The molecule has 0 amide bonds. The van der Waals surface area contributed by atoms with Crippen molar-refractivity contribution in [3.63, 3.8) is 0 Å². The normalized spacial score (nSPS) is 10.5. The van der Waals surface area contributed by atoms with Gasteiger partial charge in [0, 0.05) is 17.3 Å². The van der Waals surface area contributed by atoms with E-state index in [9.17, 15) is 0 Å². The molecule has 3 aromatic rings. The van der Waals surface area contributed by atoms with Gasteiger partial charge in [-0.3, -0.25) is 0 Å². The number of ether oxygens (including phenoxy) is 2. The SMILES string of the molecule is COc1ccc(-c2nc(N)cc(Nc3ccc(Cl)c(Cl)c3)n2)cc1OC. The summed E-state index contributed by atoms with van der Waals surface area (Å²) in [7, 11) is 3.15. The van der Waals surface area contributed by atoms with Crippen LogP contribution in [0, 0.1) is 0 Å². The third-order valence-electron chi connectivity index (χ3n) is 3.58. The summed E-state index contributed by atoms with van der Waals surface area (Å²) in [5.74, 6) is 2.51. The highest BCUT2D eigenvalue weighted by atomic mass is 35.5. The summed E-state index contributed by atoms with van der Waals surface area (Å²) in [6.07, 6.45) is 0. The summed E-state index contributed by atoms with van der Waals surface area (Å²) in [4.78, 5) is 8.80. The number of anilines is 3. The van der Waals surface area contributed by atoms with Gasteiger partial charge in [0.1, 0.15) is 11.6 Å². The highest BCUT2D eigenvalue weighted by Crippen LogP contribution is 2.32. The zero-order valence-electron chi connectivity index (χ0n) is 14.1. The van der Waals surface area contributed by atoms with Gasteiger partial charge in [-0.25, -0.2) is 9.97 Å². The maximum Gasteiger partial charge on any atom is 0.163 e. The van der Waals surface area contributed by atoms with Crippen molar-refractivity contribution >= 4 is 40.5 Å². The van der Waals surface area contributed by atoms with Crippen LogP contribution in [0.2, 0.25) is 10.0 Å². The molecule has 1 heterocycles. The molecule has 6 nitrogen and oxygen atoms in total. The average molecular weight is 391 g/mol. The second-order valence-electron chi connectivity index (χ2n) is 5.33. The molecule has 0 spiro atoms. The van der Waals surface area contributed by atoms with E-state index in [0.29, 0.717) is 39.0 Å². The molecule has 2 aromatic carbocycles. The van der Waals surface area contributed by atoms with Crippen molar-refractivity contribution in [2.45, 2.75) is 0 Å². The van der Waals surface area contributed by atoms with Crippen molar-refractivity contribution in [2.75, 3.05) is 25.3 Å². The van der Waals surface area contributed by atoms with Gasteiger partial charge < -0.3 is 20.5 Å². The van der Waals surface area contributed by atoms with Crippen LogP contribution in [0.1, 0.15) is 0 Å². The molecule has 0 aliphatic rings. The molecule has 0 saturated carbocycles. The fraction of sp³-hybridized carbons (Fsp3) is 0.111. The largest absolute Gasteiger partial charge is 0.493 e. The van der Waals surface area contributed by atoms with Gasteiger partial charge in [-0.2, -0.15) is 0 Å². The summed E-state index contributed by atoms with van der Waals surface area (Å²) in [6.45, 7) is 0. The summed E-state index contributed by atoms with van der Waals surface area (Å²) in [6, 6.07) is 12.2. The number of hydrogen-bond donors (Lipinski definition) is 2. The average Bonchev–Trinajstić information content (AvgIpc) is 2.63. The van der Waals surface area contributed by atoms with Crippen LogP contribution in [-0.2, 0) is 0 Å². The van der Waals surface area contributed by atoms with E-state index < -0.39 is 0 Å². The van der Waals surface area contributed by atoms with Crippen LogP contribution < -0.4 is 20.5 Å². The van der Waals surface area contributed by atoms with E-state index in [-0.39, 0.29) is 0 Å². The van der Waals surface area contributed by atoms with Crippen LogP contribution >= 0.6 is 23.2 Å². The highest BCUT2D eigenvalue weighted by molar-refractivity contribution is 6.42. The fourth-order valence-corrected chi connectivity index (χ4v) is 2.65. The van der Waals surface area contributed by atoms with Crippen LogP contribution in [0.25, 0.3) is 11.4 Å². The number of rotatable bonds is 5. The second-order valence-corrected chi connectivity index (χ2v) is 6.14. The Balaban J connectivity index is 1.96. The molecule has 26 heavy (non-hydrogen) atoms. The first-order valence-electron chi connectivity index (χ1n) is 7.59. The van der Waals surface area contributed by atoms with Gasteiger partial charge in [-0.05, 0) is 36.4 Å². The molecule has 3 rings (SSSR count). The predicted molar refractivity (Wildman–Crippen MR) is 105 cm³/mol. The second kappa shape index (κ2) is 7.68. The minimum Gasteiger partial charge on any atom is -0.493 e. The number of nitrogen functional groups attached to an aromatic ring is 1. The minimum absolute atomic E-state index is 0.326. The number of benzene rings is 2. The number of nitrogens with two attached hydrogens (primary N) is 1. The van der Waals surface area contributed by atoms with Gasteiger partial charge in [0.25, 0.3) is 0 Å². The van der Waals surface area contributed by atoms with E-state index in [1.807, 2.05) is 6.07 Å². The Hall–Kier alpha value is -2.70. The molecule has 0 unspecified atom stereocenters. The predicted octanol–water partition coefficient (Wildman–Crippen LogP) is 4.79. The lowest BCUT2D eigenvalue weighted by atomic mass is 10.2. The van der Waals surface area contributed by atoms with Gasteiger partial charge in [0.05, 0.1) is 24.3 Å². The summed E-state index contributed by atoms with van der Waals surface area (Å²) in [5, 5.41) is 4.06. The first-order valence-corrected chi connectivity index (χ1v) is 8.35. The molecule has 0 aliphatic heterocycles. The van der Waals surface area contributed by atoms with Crippen LogP contribution in [0.4, 0.5) is 17.3 Å². The van der Waals surface area contributed by atoms with Crippen molar-refractivity contribution in [1.82, 2.24) is 9.97 Å². The quantitative estimate of drug-likeness (QED) is 0.651. The maximum atomic E-state index is 6.05. The van der Waals surface area contributed by atoms with Gasteiger partial charge in [-0.1, -0.05) is 23.2 Å². The molecule has 8 heteroatoms. The van der Waals surface area contributed by atoms with E-state index in [1.54, 1.807) is 50.6 Å². The van der Waals surface area contributed by atoms with Crippen molar-refractivity contribution in [3.8, 4) is 22.9 Å². The third-order valence-corrected chi connectivity index (χ3v) is 4.32. The van der Waals surface area contributed by atoms with Gasteiger partial charge >= 0.3 is 0 Å². The van der Waals surface area contributed by atoms with E-state index in [4.69, 9.17) is 38.4 Å². The zero-order valence-corrected chi connectivity index (χ0v) is 15.6. The molecular weight excluding hydrogens is 375 g/mol. The Morgan fingerprint density at radius 2 is 1.65 bits per heavy atom. The van der Waals surface area contributed by atoms with E-state index >= 15 is 0 Å². The lowest BCUT2D eigenvalue weighted by Gasteiger charge is -2.11. The van der Waals surface area contributed by atoms with Crippen molar-refractivity contribution in [1.29, 1.82) is 0 Å². The van der Waals surface area contributed by atoms with Gasteiger partial charge in [0.15, 0.2) is 17.3 Å². The monoisotopic (exact) mass is 390 g/mol. The third kappa shape index (κ3) is 3.92. The number of nitrogens with one attached hydrogen (secondary N) is 1. The van der Waals surface area contributed by atoms with Crippen molar-refractivity contribution < 1.29 is 9.47 Å². The summed E-state index contributed by atoms with van der Waals surface area (Å²) >= 11 is 12.0. The number of halogens is 2. The van der Waals surface area contributed by atoms with Crippen LogP contribution in [-0.4, -0.2) is 24.2 Å². The lowest BCUT2D eigenvalue weighted by molar-refractivity contribution is 0.355. The van der Waals surface area contributed by atoms with Crippen LogP contribution in [0.3, 0.4) is 0 Å². The Morgan fingerprint density at radius 1 is 0.885 bits per heavy atom. The molecule has 0 radical (unpaired) electrons. The van der Waals surface area contributed by atoms with Crippen molar-refractivity contribution in [3.05, 3.63) is 52.5 Å². The summed E-state index contributed by atoms with van der Waals surface area (Å²) < 4.78 is 10.6. The molecular formula is C18H16Cl2N4O2. The first kappa shape index (κ1) is 18.1. The van der Waals surface area contributed by atoms with Crippen molar-refractivity contribution in [2.24, 2.45) is 0 Å². The van der Waals surface area contributed by atoms with Gasteiger partial charge in [-0.15, -0.1) is 0 Å². The molecule has 0 atom stereocenters. The molecule has 3 N–H and O–H groups in total. The Kier molecular flexibility index (Phi) is 5.35. The molecule has 0 aliphatic carbocycles. The minimum atomic E-state index is 0.326. The molecule has 0 bridgehead atoms. The molecule has 0 saturated heterocycles. The maximum absolute atomic E-state index is 6.05. The number of nitrogens with zero attached hydrogens (tertiary/aromatic N) is 2. The fourth-order valence-electron chi connectivity index (χ4n) is 2.36. The van der Waals surface area contributed by atoms with E-state index in [1.165, 1.54) is 0 Å². The van der Waals surface area contributed by atoms with E-state index in [2.05, 4.69) is 15.3 Å². The van der Waals surface area contributed by atoms with Gasteiger partial charge in [0.2, 0.25) is 0 Å². The number of hydrogen-bond acceptors (Lipinski definition) is 6. The summed E-state index contributed by atoms with van der Waals surface area (Å²) in [5.41, 5.74) is 7.41. The molecule has 1 aromatic heterocycles. The topological polar surface area (TPSA) is 82.3 Å². The van der Waals surface area contributed by atoms with Crippen LogP contribution in [0.5, 0.6) is 11.5 Å². The lowest BCUT2D eigenvalue weighted by Crippen LogP contribution is -2.01.